The number of rotatable bonds is 3. The van der Waals surface area contributed by atoms with Crippen LogP contribution in [0.25, 0.3) is 0 Å². The molecule has 17 heavy (non-hydrogen) atoms. The molecule has 0 aliphatic heterocycles. The summed E-state index contributed by atoms with van der Waals surface area (Å²) < 4.78 is 0. The summed E-state index contributed by atoms with van der Waals surface area (Å²) in [5, 5.41) is 6.71. The maximum Gasteiger partial charge on any atom is 0.231 e. The second kappa shape index (κ2) is 5.01. The minimum atomic E-state index is -0.210. The van der Waals surface area contributed by atoms with Gasteiger partial charge >= 0.3 is 0 Å². The third kappa shape index (κ3) is 2.85. The summed E-state index contributed by atoms with van der Waals surface area (Å²) in [6, 6.07) is 9.30. The molecule has 4 heteroatoms. The first-order valence-corrected chi connectivity index (χ1v) is 6.29. The maximum absolute atomic E-state index is 12.0. The predicted octanol–water partition coefficient (Wildman–Crippen LogP) is 3.07. The zero-order valence-corrected chi connectivity index (χ0v) is 10.3. The maximum atomic E-state index is 12.0. The van der Waals surface area contributed by atoms with Crippen molar-refractivity contribution < 1.29 is 4.79 Å². The Morgan fingerprint density at radius 1 is 1.41 bits per heavy atom. The van der Waals surface area contributed by atoms with E-state index in [1.165, 1.54) is 0 Å². The van der Waals surface area contributed by atoms with Crippen molar-refractivity contribution in [2.75, 3.05) is 11.1 Å². The number of nitrogen functional groups attached to an aromatic ring is 1. The summed E-state index contributed by atoms with van der Waals surface area (Å²) in [6.07, 6.45) is 0. The molecule has 1 unspecified atom stereocenters. The molecule has 0 saturated heterocycles. The van der Waals surface area contributed by atoms with Crippen molar-refractivity contribution in [1.29, 1.82) is 0 Å². The molecule has 0 bridgehead atoms. The second-order valence-corrected chi connectivity index (χ2v) is 4.67. The lowest BCUT2D eigenvalue weighted by molar-refractivity contribution is -0.117. The van der Waals surface area contributed by atoms with Crippen molar-refractivity contribution in [3.63, 3.8) is 0 Å². The molecule has 1 aromatic heterocycles. The van der Waals surface area contributed by atoms with Gasteiger partial charge in [-0.25, -0.2) is 0 Å². The summed E-state index contributed by atoms with van der Waals surface area (Å²) in [6.45, 7) is 1.87. The minimum absolute atomic E-state index is 0.0194. The molecule has 0 saturated carbocycles. The van der Waals surface area contributed by atoms with E-state index in [4.69, 9.17) is 5.73 Å². The average Bonchev–Trinajstić information content (AvgIpc) is 2.80. The number of carbonyl (C=O) groups is 1. The molecule has 0 aliphatic carbocycles. The second-order valence-electron chi connectivity index (χ2n) is 3.89. The first kappa shape index (κ1) is 11.7. The van der Waals surface area contributed by atoms with Crippen molar-refractivity contribution in [3.05, 3.63) is 46.7 Å². The molecule has 88 valence electrons. The van der Waals surface area contributed by atoms with Gasteiger partial charge in [0.25, 0.3) is 0 Å². The van der Waals surface area contributed by atoms with E-state index in [2.05, 4.69) is 5.32 Å². The average molecular weight is 246 g/mol. The van der Waals surface area contributed by atoms with Gasteiger partial charge in [-0.1, -0.05) is 12.1 Å². The fourth-order valence-electron chi connectivity index (χ4n) is 1.57. The Labute approximate surface area is 104 Å². The first-order chi connectivity index (χ1) is 8.16. The summed E-state index contributed by atoms with van der Waals surface area (Å²) in [4.78, 5) is 12.0. The van der Waals surface area contributed by atoms with E-state index >= 15 is 0 Å². The van der Waals surface area contributed by atoms with Crippen LogP contribution in [0.15, 0.2) is 41.1 Å². The summed E-state index contributed by atoms with van der Waals surface area (Å²) in [5.74, 6) is -0.229. The van der Waals surface area contributed by atoms with Crippen LogP contribution in [0.2, 0.25) is 0 Å². The standard InChI is InChI=1S/C13H14N2OS/c1-9(10-3-2-4-11(14)7-10)13(16)15-12-5-6-17-8-12/h2-9H,14H2,1H3,(H,15,16). The Kier molecular flexibility index (Phi) is 3.44. The van der Waals surface area contributed by atoms with Crippen LogP contribution in [0.4, 0.5) is 11.4 Å². The highest BCUT2D eigenvalue weighted by molar-refractivity contribution is 7.08. The lowest BCUT2D eigenvalue weighted by atomic mass is 10.00. The fourth-order valence-corrected chi connectivity index (χ4v) is 2.15. The minimum Gasteiger partial charge on any atom is -0.399 e. The molecule has 0 aliphatic rings. The Hall–Kier alpha value is -1.81. The van der Waals surface area contributed by atoms with Gasteiger partial charge < -0.3 is 11.1 Å². The van der Waals surface area contributed by atoms with Crippen LogP contribution in [0.3, 0.4) is 0 Å². The number of amides is 1. The molecule has 2 rings (SSSR count). The molecule has 3 N–H and O–H groups in total. The lowest BCUT2D eigenvalue weighted by Gasteiger charge is -2.12. The molecule has 1 amide bonds. The number of anilines is 2. The van der Waals surface area contributed by atoms with Crippen LogP contribution in [0, 0.1) is 0 Å². The van der Waals surface area contributed by atoms with E-state index in [9.17, 15) is 4.79 Å². The largest absolute Gasteiger partial charge is 0.399 e. The summed E-state index contributed by atoms with van der Waals surface area (Å²) >= 11 is 1.56. The third-order valence-electron chi connectivity index (χ3n) is 2.59. The molecule has 1 atom stereocenters. The Balaban J connectivity index is 2.09. The smallest absolute Gasteiger partial charge is 0.231 e. The lowest BCUT2D eigenvalue weighted by Crippen LogP contribution is -2.18. The monoisotopic (exact) mass is 246 g/mol. The van der Waals surface area contributed by atoms with E-state index in [0.29, 0.717) is 5.69 Å². The van der Waals surface area contributed by atoms with E-state index in [1.807, 2.05) is 48.0 Å². The van der Waals surface area contributed by atoms with Crippen LogP contribution in [0.1, 0.15) is 18.4 Å². The molecule has 0 radical (unpaired) electrons. The van der Waals surface area contributed by atoms with E-state index < -0.39 is 0 Å². The van der Waals surface area contributed by atoms with Gasteiger partial charge in [-0.2, -0.15) is 11.3 Å². The number of nitrogens with two attached hydrogens (primary N) is 1. The highest BCUT2D eigenvalue weighted by atomic mass is 32.1. The molecule has 1 heterocycles. The van der Waals surface area contributed by atoms with E-state index in [-0.39, 0.29) is 11.8 Å². The topological polar surface area (TPSA) is 55.1 Å². The molecular formula is C13H14N2OS. The quantitative estimate of drug-likeness (QED) is 0.818. The van der Waals surface area contributed by atoms with Crippen LogP contribution in [-0.2, 0) is 4.79 Å². The van der Waals surface area contributed by atoms with Crippen LogP contribution in [0.5, 0.6) is 0 Å². The summed E-state index contributed by atoms with van der Waals surface area (Å²) in [5.41, 5.74) is 8.15. The van der Waals surface area contributed by atoms with Crippen LogP contribution < -0.4 is 11.1 Å². The predicted molar refractivity (Wildman–Crippen MR) is 72.2 cm³/mol. The van der Waals surface area contributed by atoms with Gasteiger partial charge in [-0.3, -0.25) is 4.79 Å². The van der Waals surface area contributed by atoms with Gasteiger partial charge in [0.1, 0.15) is 0 Å². The zero-order chi connectivity index (χ0) is 12.3. The van der Waals surface area contributed by atoms with E-state index in [0.717, 1.165) is 11.3 Å². The number of hydrogen-bond donors (Lipinski definition) is 2. The van der Waals surface area contributed by atoms with Crippen molar-refractivity contribution >= 4 is 28.6 Å². The highest BCUT2D eigenvalue weighted by Crippen LogP contribution is 2.20. The Morgan fingerprint density at radius 3 is 2.88 bits per heavy atom. The first-order valence-electron chi connectivity index (χ1n) is 5.35. The third-order valence-corrected chi connectivity index (χ3v) is 3.28. The van der Waals surface area contributed by atoms with Gasteiger partial charge in [0, 0.05) is 11.1 Å². The number of thiophene rings is 1. The molecule has 0 spiro atoms. The number of benzene rings is 1. The molecule has 1 aromatic carbocycles. The number of carbonyl (C=O) groups excluding carboxylic acids is 1. The van der Waals surface area contributed by atoms with Gasteiger partial charge in [-0.05, 0) is 36.1 Å². The van der Waals surface area contributed by atoms with Crippen LogP contribution >= 0.6 is 11.3 Å². The Morgan fingerprint density at radius 2 is 2.24 bits per heavy atom. The van der Waals surface area contributed by atoms with Gasteiger partial charge in [-0.15, -0.1) is 0 Å². The normalized spacial score (nSPS) is 12.1. The van der Waals surface area contributed by atoms with Crippen molar-refractivity contribution in [2.45, 2.75) is 12.8 Å². The Bertz CT molecular complexity index is 508. The van der Waals surface area contributed by atoms with E-state index in [1.54, 1.807) is 11.3 Å². The van der Waals surface area contributed by atoms with Gasteiger partial charge in [0.05, 0.1) is 11.6 Å². The van der Waals surface area contributed by atoms with Crippen molar-refractivity contribution in [1.82, 2.24) is 0 Å². The van der Waals surface area contributed by atoms with Crippen molar-refractivity contribution in [2.24, 2.45) is 0 Å². The molecule has 3 nitrogen and oxygen atoms in total. The van der Waals surface area contributed by atoms with Gasteiger partial charge in [0.15, 0.2) is 0 Å². The van der Waals surface area contributed by atoms with Gasteiger partial charge in [0.2, 0.25) is 5.91 Å². The molecule has 0 fully saturated rings. The van der Waals surface area contributed by atoms with Crippen molar-refractivity contribution in [3.8, 4) is 0 Å². The zero-order valence-electron chi connectivity index (χ0n) is 9.51. The summed E-state index contributed by atoms with van der Waals surface area (Å²) in [7, 11) is 0. The fraction of sp³-hybridized carbons (Fsp3) is 0.154. The number of nitrogens with one attached hydrogen (secondary N) is 1. The highest BCUT2D eigenvalue weighted by Gasteiger charge is 2.15. The SMILES string of the molecule is CC(C(=O)Nc1ccsc1)c1cccc(N)c1. The molecular weight excluding hydrogens is 232 g/mol. The number of hydrogen-bond acceptors (Lipinski definition) is 3. The van der Waals surface area contributed by atoms with Crippen LogP contribution in [-0.4, -0.2) is 5.91 Å². The molecule has 2 aromatic rings.